The Morgan fingerprint density at radius 3 is 2.33 bits per heavy atom. The highest BCUT2D eigenvalue weighted by molar-refractivity contribution is 8.00. The van der Waals surface area contributed by atoms with E-state index in [9.17, 15) is 0 Å². The molecule has 0 bridgehead atoms. The fourth-order valence-corrected chi connectivity index (χ4v) is 3.39. The molecule has 1 aliphatic rings. The first-order chi connectivity index (χ1) is 7.03. The van der Waals surface area contributed by atoms with Crippen molar-refractivity contribution < 1.29 is 0 Å². The van der Waals surface area contributed by atoms with Gasteiger partial charge in [0.1, 0.15) is 0 Å². The van der Waals surface area contributed by atoms with Crippen molar-refractivity contribution in [3.05, 3.63) is 0 Å². The van der Waals surface area contributed by atoms with Gasteiger partial charge in [-0.05, 0) is 25.3 Å². The molecule has 15 heavy (non-hydrogen) atoms. The summed E-state index contributed by atoms with van der Waals surface area (Å²) in [5.41, 5.74) is 0. The van der Waals surface area contributed by atoms with E-state index in [0.717, 1.165) is 18.5 Å². The lowest BCUT2D eigenvalue weighted by Gasteiger charge is -2.27. The van der Waals surface area contributed by atoms with Crippen LogP contribution in [0.15, 0.2) is 0 Å². The molecule has 0 amide bonds. The first-order valence-electron chi connectivity index (χ1n) is 6.40. The van der Waals surface area contributed by atoms with Gasteiger partial charge in [0.2, 0.25) is 0 Å². The summed E-state index contributed by atoms with van der Waals surface area (Å²) >= 11 is 2.11. The van der Waals surface area contributed by atoms with Gasteiger partial charge in [0.05, 0.1) is 0 Å². The summed E-state index contributed by atoms with van der Waals surface area (Å²) in [6, 6.07) is 0.752. The van der Waals surface area contributed by atoms with Crippen LogP contribution in [0, 0.1) is 5.92 Å². The molecule has 1 nitrogen and oxygen atoms in total. The van der Waals surface area contributed by atoms with Gasteiger partial charge in [-0.3, -0.25) is 0 Å². The van der Waals surface area contributed by atoms with Gasteiger partial charge in [-0.2, -0.15) is 11.8 Å². The summed E-state index contributed by atoms with van der Waals surface area (Å²) < 4.78 is 0.409. The first kappa shape index (κ1) is 13.4. The van der Waals surface area contributed by atoms with Crippen molar-refractivity contribution >= 4 is 11.8 Å². The van der Waals surface area contributed by atoms with Crippen LogP contribution < -0.4 is 5.32 Å². The van der Waals surface area contributed by atoms with E-state index in [1.54, 1.807) is 0 Å². The Morgan fingerprint density at radius 2 is 1.87 bits per heavy atom. The van der Waals surface area contributed by atoms with E-state index in [-0.39, 0.29) is 0 Å². The zero-order chi connectivity index (χ0) is 11.3. The van der Waals surface area contributed by atoms with E-state index in [1.807, 2.05) is 0 Å². The minimum Gasteiger partial charge on any atom is -0.313 e. The van der Waals surface area contributed by atoms with Crippen LogP contribution >= 0.6 is 11.8 Å². The van der Waals surface area contributed by atoms with Crippen LogP contribution in [-0.4, -0.2) is 23.1 Å². The molecular formula is C13H27NS. The summed E-state index contributed by atoms with van der Waals surface area (Å²) in [5, 5.41) is 3.68. The average Bonchev–Trinajstić information content (AvgIpc) is 2.63. The van der Waals surface area contributed by atoms with E-state index in [0.29, 0.717) is 4.75 Å². The van der Waals surface area contributed by atoms with Crippen LogP contribution in [-0.2, 0) is 0 Å². The van der Waals surface area contributed by atoms with Crippen molar-refractivity contribution in [3.8, 4) is 0 Å². The molecule has 90 valence electrons. The van der Waals surface area contributed by atoms with Crippen LogP contribution in [0.1, 0.15) is 53.4 Å². The lowest BCUT2D eigenvalue weighted by molar-refractivity contribution is 0.394. The molecule has 1 rings (SSSR count). The predicted molar refractivity (Wildman–Crippen MR) is 71.6 cm³/mol. The normalized spacial score (nSPS) is 20.8. The summed E-state index contributed by atoms with van der Waals surface area (Å²) in [7, 11) is 0. The second-order valence-corrected chi connectivity index (χ2v) is 7.48. The fourth-order valence-electron chi connectivity index (χ4n) is 2.32. The zero-order valence-corrected chi connectivity index (χ0v) is 11.6. The third-order valence-electron chi connectivity index (χ3n) is 3.13. The van der Waals surface area contributed by atoms with Crippen molar-refractivity contribution in [2.45, 2.75) is 64.2 Å². The molecule has 2 heteroatoms. The van der Waals surface area contributed by atoms with Crippen molar-refractivity contribution in [1.82, 2.24) is 5.32 Å². The van der Waals surface area contributed by atoms with Gasteiger partial charge < -0.3 is 5.32 Å². The third kappa shape index (κ3) is 5.26. The smallest absolute Gasteiger partial charge is 0.0186 e. The van der Waals surface area contributed by atoms with Crippen LogP contribution in [0.3, 0.4) is 0 Å². The van der Waals surface area contributed by atoms with Gasteiger partial charge >= 0.3 is 0 Å². The van der Waals surface area contributed by atoms with Gasteiger partial charge in [0.15, 0.2) is 0 Å². The fraction of sp³-hybridized carbons (Fsp3) is 1.00. The van der Waals surface area contributed by atoms with E-state index in [2.05, 4.69) is 44.8 Å². The SMILES string of the molecule is CCNC(CSC(C)(C)C)C1CCCC1. The molecule has 0 heterocycles. The molecule has 0 aromatic heterocycles. The average molecular weight is 229 g/mol. The maximum absolute atomic E-state index is 3.68. The summed E-state index contributed by atoms with van der Waals surface area (Å²) in [4.78, 5) is 0. The lowest BCUT2D eigenvalue weighted by Crippen LogP contribution is -2.38. The van der Waals surface area contributed by atoms with Gasteiger partial charge in [0, 0.05) is 16.5 Å². The van der Waals surface area contributed by atoms with Crippen LogP contribution in [0.4, 0.5) is 0 Å². The third-order valence-corrected chi connectivity index (χ3v) is 4.52. The Bertz CT molecular complexity index is 168. The Balaban J connectivity index is 2.35. The number of thioether (sulfide) groups is 1. The minimum atomic E-state index is 0.409. The number of rotatable bonds is 5. The topological polar surface area (TPSA) is 12.0 Å². The molecule has 0 aromatic carbocycles. The van der Waals surface area contributed by atoms with Crippen molar-refractivity contribution in [3.63, 3.8) is 0 Å². The minimum absolute atomic E-state index is 0.409. The summed E-state index contributed by atoms with van der Waals surface area (Å²) in [6.07, 6.45) is 5.80. The number of hydrogen-bond acceptors (Lipinski definition) is 2. The highest BCUT2D eigenvalue weighted by atomic mass is 32.2. The molecular weight excluding hydrogens is 202 g/mol. The second-order valence-electron chi connectivity index (χ2n) is 5.63. The summed E-state index contributed by atoms with van der Waals surface area (Å²) in [6.45, 7) is 10.3. The maximum Gasteiger partial charge on any atom is 0.0186 e. The zero-order valence-electron chi connectivity index (χ0n) is 10.8. The molecule has 1 saturated carbocycles. The number of hydrogen-bond donors (Lipinski definition) is 1. The quantitative estimate of drug-likeness (QED) is 0.772. The Labute approximate surface area is 99.8 Å². The largest absolute Gasteiger partial charge is 0.313 e. The molecule has 1 fully saturated rings. The lowest BCUT2D eigenvalue weighted by atomic mass is 10.00. The van der Waals surface area contributed by atoms with Crippen LogP contribution in [0.5, 0.6) is 0 Å². The van der Waals surface area contributed by atoms with E-state index >= 15 is 0 Å². The molecule has 0 aliphatic heterocycles. The second kappa shape index (κ2) is 6.15. The highest BCUT2D eigenvalue weighted by Gasteiger charge is 2.25. The standard InChI is InChI=1S/C13H27NS/c1-5-14-12(10-15-13(2,3)4)11-8-6-7-9-11/h11-12,14H,5-10H2,1-4H3. The van der Waals surface area contributed by atoms with Gasteiger partial charge in [-0.1, -0.05) is 40.5 Å². The van der Waals surface area contributed by atoms with Crippen molar-refractivity contribution in [1.29, 1.82) is 0 Å². The monoisotopic (exact) mass is 229 g/mol. The first-order valence-corrected chi connectivity index (χ1v) is 7.39. The molecule has 0 saturated heterocycles. The van der Waals surface area contributed by atoms with Crippen LogP contribution in [0.25, 0.3) is 0 Å². The highest BCUT2D eigenvalue weighted by Crippen LogP contribution is 2.32. The van der Waals surface area contributed by atoms with Gasteiger partial charge in [-0.25, -0.2) is 0 Å². The molecule has 0 radical (unpaired) electrons. The Hall–Kier alpha value is 0.310. The molecule has 1 N–H and O–H groups in total. The molecule has 1 unspecified atom stereocenters. The van der Waals surface area contributed by atoms with E-state index < -0.39 is 0 Å². The molecule has 1 aliphatic carbocycles. The van der Waals surface area contributed by atoms with Crippen molar-refractivity contribution in [2.24, 2.45) is 5.92 Å². The van der Waals surface area contributed by atoms with E-state index in [4.69, 9.17) is 0 Å². The summed E-state index contributed by atoms with van der Waals surface area (Å²) in [5.74, 6) is 2.22. The molecule has 1 atom stereocenters. The van der Waals surface area contributed by atoms with Gasteiger partial charge in [0.25, 0.3) is 0 Å². The maximum atomic E-state index is 3.68. The number of nitrogens with one attached hydrogen (secondary N) is 1. The van der Waals surface area contributed by atoms with Gasteiger partial charge in [-0.15, -0.1) is 0 Å². The molecule has 0 spiro atoms. The van der Waals surface area contributed by atoms with E-state index in [1.165, 1.54) is 31.4 Å². The van der Waals surface area contributed by atoms with Crippen molar-refractivity contribution in [2.75, 3.05) is 12.3 Å². The predicted octanol–water partition coefficient (Wildman–Crippen LogP) is 3.69. The molecule has 0 aromatic rings. The van der Waals surface area contributed by atoms with Crippen LogP contribution in [0.2, 0.25) is 0 Å². The Morgan fingerprint density at radius 1 is 1.27 bits per heavy atom. The Kier molecular flexibility index (Phi) is 5.48.